The summed E-state index contributed by atoms with van der Waals surface area (Å²) in [5.41, 5.74) is 6.96. The van der Waals surface area contributed by atoms with Gasteiger partial charge in [0.2, 0.25) is 5.91 Å². The fourth-order valence-corrected chi connectivity index (χ4v) is 1.80. The van der Waals surface area contributed by atoms with E-state index in [1.807, 2.05) is 0 Å². The van der Waals surface area contributed by atoms with E-state index in [2.05, 4.69) is 35.1 Å². The largest absolute Gasteiger partial charge is 0.399 e. The summed E-state index contributed by atoms with van der Waals surface area (Å²) in [6, 6.07) is 5.24. The van der Waals surface area contributed by atoms with Gasteiger partial charge in [0.1, 0.15) is 6.61 Å². The van der Waals surface area contributed by atoms with E-state index in [-0.39, 0.29) is 12.5 Å². The van der Waals surface area contributed by atoms with Crippen molar-refractivity contribution in [2.75, 3.05) is 24.3 Å². The molecule has 0 unspecified atom stereocenters. The average molecular weight is 315 g/mol. The highest BCUT2D eigenvalue weighted by atomic mass is 79.9. The predicted molar refractivity (Wildman–Crippen MR) is 77.5 cm³/mol. The van der Waals surface area contributed by atoms with Gasteiger partial charge >= 0.3 is 0 Å². The first-order valence-electron chi connectivity index (χ1n) is 5.91. The Morgan fingerprint density at radius 1 is 1.50 bits per heavy atom. The van der Waals surface area contributed by atoms with Gasteiger partial charge in [-0.15, -0.1) is 0 Å². The van der Waals surface area contributed by atoms with Crippen LogP contribution in [0.5, 0.6) is 0 Å². The van der Waals surface area contributed by atoms with Crippen LogP contribution in [0.3, 0.4) is 0 Å². The third-order valence-corrected chi connectivity index (χ3v) is 3.00. The van der Waals surface area contributed by atoms with Crippen LogP contribution in [0.1, 0.15) is 20.3 Å². The van der Waals surface area contributed by atoms with Crippen molar-refractivity contribution < 1.29 is 9.53 Å². The summed E-state index contributed by atoms with van der Waals surface area (Å²) >= 11 is 3.34. The summed E-state index contributed by atoms with van der Waals surface area (Å²) in [7, 11) is 0. The van der Waals surface area contributed by atoms with Crippen molar-refractivity contribution >= 4 is 33.2 Å². The molecule has 18 heavy (non-hydrogen) atoms. The summed E-state index contributed by atoms with van der Waals surface area (Å²) in [4.78, 5) is 11.6. The third-order valence-electron chi connectivity index (χ3n) is 2.34. The van der Waals surface area contributed by atoms with Crippen molar-refractivity contribution in [3.05, 3.63) is 22.7 Å². The normalized spacial score (nSPS) is 10.7. The number of carbonyl (C=O) groups is 1. The molecule has 1 amide bonds. The minimum Gasteiger partial charge on any atom is -0.399 e. The quantitative estimate of drug-likeness (QED) is 0.626. The number of hydrogen-bond donors (Lipinski definition) is 2. The van der Waals surface area contributed by atoms with E-state index in [9.17, 15) is 4.79 Å². The number of hydrogen-bond acceptors (Lipinski definition) is 3. The highest BCUT2D eigenvalue weighted by Crippen LogP contribution is 2.24. The maximum atomic E-state index is 11.6. The van der Waals surface area contributed by atoms with Crippen molar-refractivity contribution in [2.24, 2.45) is 5.92 Å². The lowest BCUT2D eigenvalue weighted by molar-refractivity contribution is -0.120. The van der Waals surface area contributed by atoms with Gasteiger partial charge in [-0.25, -0.2) is 0 Å². The first kappa shape index (κ1) is 15.0. The Kier molecular flexibility index (Phi) is 6.15. The van der Waals surface area contributed by atoms with E-state index in [1.165, 1.54) is 0 Å². The van der Waals surface area contributed by atoms with E-state index in [4.69, 9.17) is 10.5 Å². The van der Waals surface area contributed by atoms with Crippen LogP contribution in [0.2, 0.25) is 0 Å². The van der Waals surface area contributed by atoms with Crippen LogP contribution in [0.4, 0.5) is 11.4 Å². The van der Waals surface area contributed by atoms with E-state index < -0.39 is 0 Å². The molecule has 0 bridgehead atoms. The molecule has 0 radical (unpaired) electrons. The Labute approximate surface area is 116 Å². The van der Waals surface area contributed by atoms with Crippen LogP contribution in [0, 0.1) is 5.92 Å². The molecule has 0 spiro atoms. The fraction of sp³-hybridized carbons (Fsp3) is 0.462. The molecule has 0 aromatic heterocycles. The smallest absolute Gasteiger partial charge is 0.250 e. The van der Waals surface area contributed by atoms with Gasteiger partial charge in [-0.05, 0) is 46.5 Å². The Morgan fingerprint density at radius 2 is 2.22 bits per heavy atom. The van der Waals surface area contributed by atoms with Crippen LogP contribution in [-0.4, -0.2) is 19.1 Å². The Hall–Kier alpha value is -1.07. The molecule has 0 atom stereocenters. The molecule has 0 saturated heterocycles. The molecule has 0 heterocycles. The van der Waals surface area contributed by atoms with Gasteiger partial charge in [-0.1, -0.05) is 13.8 Å². The van der Waals surface area contributed by atoms with Gasteiger partial charge < -0.3 is 15.8 Å². The molecule has 0 aliphatic rings. The summed E-state index contributed by atoms with van der Waals surface area (Å²) in [5.74, 6) is 0.420. The lowest BCUT2D eigenvalue weighted by atomic mass is 10.1. The lowest BCUT2D eigenvalue weighted by Gasteiger charge is -2.09. The van der Waals surface area contributed by atoms with E-state index >= 15 is 0 Å². The standard InChI is InChI=1S/C13H19BrN2O2/c1-9(2)5-6-18-8-13(17)16-12-4-3-10(15)7-11(12)14/h3-4,7,9H,5-6,8,15H2,1-2H3,(H,16,17). The van der Waals surface area contributed by atoms with Crippen molar-refractivity contribution in [3.63, 3.8) is 0 Å². The molecule has 0 saturated carbocycles. The van der Waals surface area contributed by atoms with Crippen molar-refractivity contribution in [2.45, 2.75) is 20.3 Å². The molecule has 0 aliphatic heterocycles. The number of ether oxygens (including phenoxy) is 1. The van der Waals surface area contributed by atoms with Crippen LogP contribution in [0.25, 0.3) is 0 Å². The van der Waals surface area contributed by atoms with Crippen LogP contribution < -0.4 is 11.1 Å². The Bertz CT molecular complexity index is 408. The van der Waals surface area contributed by atoms with Crippen LogP contribution >= 0.6 is 15.9 Å². The molecule has 1 aromatic carbocycles. The molecule has 3 N–H and O–H groups in total. The minimum absolute atomic E-state index is 0.0730. The number of nitrogens with two attached hydrogens (primary N) is 1. The number of carbonyl (C=O) groups excluding carboxylic acids is 1. The molecule has 0 aliphatic carbocycles. The molecule has 1 aromatic rings. The molecule has 0 fully saturated rings. The van der Waals surface area contributed by atoms with Gasteiger partial charge in [0, 0.05) is 16.8 Å². The number of nitrogen functional groups attached to an aromatic ring is 1. The van der Waals surface area contributed by atoms with Crippen LogP contribution in [-0.2, 0) is 9.53 Å². The monoisotopic (exact) mass is 314 g/mol. The zero-order chi connectivity index (χ0) is 13.5. The second-order valence-electron chi connectivity index (χ2n) is 4.52. The predicted octanol–water partition coefficient (Wildman–Crippen LogP) is 3.03. The summed E-state index contributed by atoms with van der Waals surface area (Å²) < 4.78 is 6.05. The fourth-order valence-electron chi connectivity index (χ4n) is 1.30. The Balaban J connectivity index is 2.35. The SMILES string of the molecule is CC(C)CCOCC(=O)Nc1ccc(N)cc1Br. The number of rotatable bonds is 6. The van der Waals surface area contributed by atoms with Crippen molar-refractivity contribution in [3.8, 4) is 0 Å². The number of benzene rings is 1. The topological polar surface area (TPSA) is 64.3 Å². The molecule has 5 heteroatoms. The molecule has 1 rings (SSSR count). The van der Waals surface area contributed by atoms with E-state index in [0.717, 1.165) is 10.9 Å². The maximum Gasteiger partial charge on any atom is 0.250 e. The number of nitrogens with one attached hydrogen (secondary N) is 1. The molecule has 100 valence electrons. The molecule has 4 nitrogen and oxygen atoms in total. The van der Waals surface area contributed by atoms with E-state index in [0.29, 0.717) is 23.9 Å². The number of amides is 1. The first-order chi connectivity index (χ1) is 8.49. The van der Waals surface area contributed by atoms with Gasteiger partial charge in [-0.3, -0.25) is 4.79 Å². The molecular weight excluding hydrogens is 296 g/mol. The first-order valence-corrected chi connectivity index (χ1v) is 6.71. The summed E-state index contributed by atoms with van der Waals surface area (Å²) in [6.07, 6.45) is 0.957. The Morgan fingerprint density at radius 3 is 2.83 bits per heavy atom. The number of halogens is 1. The van der Waals surface area contributed by atoms with E-state index in [1.54, 1.807) is 18.2 Å². The second-order valence-corrected chi connectivity index (χ2v) is 5.38. The van der Waals surface area contributed by atoms with Crippen LogP contribution in [0.15, 0.2) is 22.7 Å². The third kappa shape index (κ3) is 5.51. The van der Waals surface area contributed by atoms with Crippen molar-refractivity contribution in [1.82, 2.24) is 0 Å². The van der Waals surface area contributed by atoms with Gasteiger partial charge in [-0.2, -0.15) is 0 Å². The van der Waals surface area contributed by atoms with Crippen molar-refractivity contribution in [1.29, 1.82) is 0 Å². The van der Waals surface area contributed by atoms with Gasteiger partial charge in [0.05, 0.1) is 5.69 Å². The number of anilines is 2. The zero-order valence-corrected chi connectivity index (χ0v) is 12.3. The zero-order valence-electron chi connectivity index (χ0n) is 10.7. The highest BCUT2D eigenvalue weighted by Gasteiger charge is 2.06. The average Bonchev–Trinajstić information content (AvgIpc) is 2.28. The highest BCUT2D eigenvalue weighted by molar-refractivity contribution is 9.10. The maximum absolute atomic E-state index is 11.6. The second kappa shape index (κ2) is 7.38. The van der Waals surface area contributed by atoms with Gasteiger partial charge in [0.15, 0.2) is 0 Å². The minimum atomic E-state index is -0.163. The van der Waals surface area contributed by atoms with Gasteiger partial charge in [0.25, 0.3) is 0 Å². The lowest BCUT2D eigenvalue weighted by Crippen LogP contribution is -2.19. The summed E-state index contributed by atoms with van der Waals surface area (Å²) in [6.45, 7) is 4.92. The molecular formula is C13H19BrN2O2. The summed E-state index contributed by atoms with van der Waals surface area (Å²) in [5, 5.41) is 2.76.